The van der Waals surface area contributed by atoms with E-state index in [4.69, 9.17) is 13.6 Å². The van der Waals surface area contributed by atoms with E-state index >= 15 is 8.78 Å². The number of fused-ring (bicyclic) bond motifs is 1. The molecule has 0 spiro atoms. The van der Waals surface area contributed by atoms with Gasteiger partial charge >= 0.3 is 13.9 Å². The summed E-state index contributed by atoms with van der Waals surface area (Å²) < 4.78 is 104. The van der Waals surface area contributed by atoms with Crippen LogP contribution in [0.2, 0.25) is 0 Å². The average molecular weight is 766 g/mol. The monoisotopic (exact) mass is 765 g/mol. The van der Waals surface area contributed by atoms with E-state index in [1.165, 1.54) is 24.1 Å². The van der Waals surface area contributed by atoms with Gasteiger partial charge in [-0.3, -0.25) is 18.7 Å². The molecular formula is C39H33F5N3O6P. The van der Waals surface area contributed by atoms with E-state index in [9.17, 15) is 27.3 Å². The molecule has 1 aliphatic rings. The van der Waals surface area contributed by atoms with Crippen LogP contribution in [0, 0.1) is 29.1 Å². The number of carbonyl (C=O) groups is 2. The van der Waals surface area contributed by atoms with Crippen LogP contribution in [-0.2, 0) is 39.9 Å². The molecule has 3 amide bonds. The van der Waals surface area contributed by atoms with Gasteiger partial charge in [0.05, 0.1) is 31.5 Å². The minimum atomic E-state index is -4.48. The van der Waals surface area contributed by atoms with Gasteiger partial charge in [-0.05, 0) is 35.7 Å². The van der Waals surface area contributed by atoms with Crippen molar-refractivity contribution in [2.75, 3.05) is 11.9 Å². The maximum atomic E-state index is 15.8. The summed E-state index contributed by atoms with van der Waals surface area (Å²) in [6.45, 7) is 0.0859. The highest BCUT2D eigenvalue weighted by Crippen LogP contribution is 2.51. The molecule has 1 aliphatic heterocycles. The van der Waals surface area contributed by atoms with E-state index in [2.05, 4.69) is 5.32 Å². The molecule has 0 saturated heterocycles. The molecule has 280 valence electrons. The molecule has 0 bridgehead atoms. The van der Waals surface area contributed by atoms with Gasteiger partial charge in [-0.2, -0.15) is 0 Å². The van der Waals surface area contributed by atoms with Crippen molar-refractivity contribution in [2.45, 2.75) is 39.3 Å². The summed E-state index contributed by atoms with van der Waals surface area (Å²) in [5, 5.41) is 2.37. The highest BCUT2D eigenvalue weighted by atomic mass is 31.2. The zero-order valence-corrected chi connectivity index (χ0v) is 29.8. The fourth-order valence-electron chi connectivity index (χ4n) is 5.72. The van der Waals surface area contributed by atoms with Crippen LogP contribution in [-0.4, -0.2) is 23.9 Å². The number of amides is 3. The Bertz CT molecular complexity index is 2140. The van der Waals surface area contributed by atoms with Crippen molar-refractivity contribution in [1.82, 2.24) is 10.2 Å². The molecule has 15 heteroatoms. The molecule has 0 saturated carbocycles. The second kappa shape index (κ2) is 16.2. The van der Waals surface area contributed by atoms with Crippen molar-refractivity contribution < 1.29 is 49.7 Å². The third-order valence-electron chi connectivity index (χ3n) is 8.79. The summed E-state index contributed by atoms with van der Waals surface area (Å²) in [5.41, 5.74) is 0.834. The van der Waals surface area contributed by atoms with Crippen molar-refractivity contribution in [3.8, 4) is 5.75 Å². The van der Waals surface area contributed by atoms with Gasteiger partial charge in [0.1, 0.15) is 34.8 Å². The summed E-state index contributed by atoms with van der Waals surface area (Å²) in [6.07, 6.45) is 0. The summed E-state index contributed by atoms with van der Waals surface area (Å²) in [6, 6.07) is 23.2. The molecule has 1 atom stereocenters. The lowest BCUT2D eigenvalue weighted by atomic mass is 9.98. The molecule has 0 aliphatic carbocycles. The van der Waals surface area contributed by atoms with E-state index in [0.717, 1.165) is 17.0 Å². The Hall–Kier alpha value is -5.56. The van der Waals surface area contributed by atoms with Gasteiger partial charge in [0.2, 0.25) is 0 Å². The topological polar surface area (TPSA) is 97.4 Å². The SMILES string of the molecule is C[C@H]1c2ccc(C(=O)NCc3c(F)cc(F)cc3F)cc2N(Cc2c(F)cc(OP(=O)(OCc3ccccc3)OCc3ccccc3)cc2F)C(=O)N1C. The molecule has 5 aromatic carbocycles. The van der Waals surface area contributed by atoms with Crippen LogP contribution in [0.1, 0.15) is 51.1 Å². The fourth-order valence-corrected chi connectivity index (χ4v) is 6.88. The number of nitrogens with one attached hydrogen (secondary N) is 1. The minimum absolute atomic E-state index is 0.0299. The Kier molecular flexibility index (Phi) is 11.5. The average Bonchev–Trinajstić information content (AvgIpc) is 3.15. The molecule has 0 aromatic heterocycles. The summed E-state index contributed by atoms with van der Waals surface area (Å²) in [5.74, 6) is -7.06. The lowest BCUT2D eigenvalue weighted by molar-refractivity contribution is 0.0950. The lowest BCUT2D eigenvalue weighted by Gasteiger charge is -2.39. The van der Waals surface area contributed by atoms with Gasteiger partial charge in [0.25, 0.3) is 5.91 Å². The Morgan fingerprint density at radius 3 is 1.85 bits per heavy atom. The normalized spacial score (nSPS) is 14.2. The molecule has 9 nitrogen and oxygen atoms in total. The predicted molar refractivity (Wildman–Crippen MR) is 189 cm³/mol. The van der Waals surface area contributed by atoms with Crippen LogP contribution in [0.15, 0.2) is 103 Å². The van der Waals surface area contributed by atoms with Crippen molar-refractivity contribution in [3.05, 3.63) is 166 Å². The first-order valence-corrected chi connectivity index (χ1v) is 18.0. The molecule has 0 fully saturated rings. The van der Waals surface area contributed by atoms with Gasteiger partial charge in [-0.15, -0.1) is 0 Å². The van der Waals surface area contributed by atoms with Crippen molar-refractivity contribution in [2.24, 2.45) is 0 Å². The second-order valence-corrected chi connectivity index (χ2v) is 14.0. The maximum Gasteiger partial charge on any atom is 0.530 e. The quantitative estimate of drug-likeness (QED) is 0.0948. The largest absolute Gasteiger partial charge is 0.530 e. The van der Waals surface area contributed by atoms with Crippen LogP contribution in [0.3, 0.4) is 0 Å². The number of hydrogen-bond donors (Lipinski definition) is 1. The molecular weight excluding hydrogens is 732 g/mol. The molecule has 0 unspecified atom stereocenters. The molecule has 1 N–H and O–H groups in total. The number of phosphoric acid groups is 1. The molecule has 6 rings (SSSR count). The Morgan fingerprint density at radius 2 is 1.30 bits per heavy atom. The van der Waals surface area contributed by atoms with Gasteiger partial charge in [0, 0.05) is 54.5 Å². The first-order chi connectivity index (χ1) is 25.8. The number of anilines is 1. The van der Waals surface area contributed by atoms with E-state index in [1.807, 2.05) is 0 Å². The van der Waals surface area contributed by atoms with Crippen LogP contribution in [0.4, 0.5) is 32.4 Å². The third kappa shape index (κ3) is 8.62. The molecule has 5 aromatic rings. The van der Waals surface area contributed by atoms with Crippen LogP contribution in [0.5, 0.6) is 5.75 Å². The summed E-state index contributed by atoms with van der Waals surface area (Å²) in [4.78, 5) is 29.0. The Labute approximate surface area is 307 Å². The maximum absolute atomic E-state index is 15.8. The van der Waals surface area contributed by atoms with Gasteiger partial charge < -0.3 is 14.7 Å². The molecule has 0 radical (unpaired) electrons. The number of nitrogens with zero attached hydrogens (tertiary/aromatic N) is 2. The van der Waals surface area contributed by atoms with E-state index in [1.54, 1.807) is 73.7 Å². The van der Waals surface area contributed by atoms with E-state index in [0.29, 0.717) is 28.8 Å². The Balaban J connectivity index is 1.24. The van der Waals surface area contributed by atoms with Crippen molar-refractivity contribution >= 4 is 25.4 Å². The number of benzene rings is 5. The Morgan fingerprint density at radius 1 is 0.759 bits per heavy atom. The zero-order valence-electron chi connectivity index (χ0n) is 28.9. The van der Waals surface area contributed by atoms with Gasteiger partial charge in [0.15, 0.2) is 0 Å². The third-order valence-corrected chi connectivity index (χ3v) is 10.1. The van der Waals surface area contributed by atoms with Crippen molar-refractivity contribution in [3.63, 3.8) is 0 Å². The van der Waals surface area contributed by atoms with Crippen LogP contribution in [0.25, 0.3) is 0 Å². The fraction of sp³-hybridized carbons (Fsp3) is 0.179. The summed E-state index contributed by atoms with van der Waals surface area (Å²) >= 11 is 0. The highest BCUT2D eigenvalue weighted by Gasteiger charge is 2.36. The number of urea groups is 1. The van der Waals surface area contributed by atoms with Crippen molar-refractivity contribution in [1.29, 1.82) is 0 Å². The number of phosphoric ester groups is 1. The molecule has 54 heavy (non-hydrogen) atoms. The first-order valence-electron chi connectivity index (χ1n) is 16.6. The zero-order chi connectivity index (χ0) is 38.6. The van der Waals surface area contributed by atoms with E-state index in [-0.39, 0.29) is 24.5 Å². The number of halogens is 5. The highest BCUT2D eigenvalue weighted by molar-refractivity contribution is 7.48. The summed E-state index contributed by atoms with van der Waals surface area (Å²) in [7, 11) is -2.98. The minimum Gasteiger partial charge on any atom is -0.404 e. The van der Waals surface area contributed by atoms with Gasteiger partial charge in [-0.1, -0.05) is 66.7 Å². The van der Waals surface area contributed by atoms with Gasteiger partial charge in [-0.25, -0.2) is 31.3 Å². The lowest BCUT2D eigenvalue weighted by Crippen LogP contribution is -2.47. The second-order valence-electron chi connectivity index (χ2n) is 12.4. The van der Waals surface area contributed by atoms with E-state index < -0.39 is 84.9 Å². The first kappa shape index (κ1) is 38.2. The van der Waals surface area contributed by atoms with Crippen LogP contribution >= 0.6 is 7.82 Å². The number of hydrogen-bond acceptors (Lipinski definition) is 6. The molecule has 1 heterocycles. The predicted octanol–water partition coefficient (Wildman–Crippen LogP) is 9.37. The number of carbonyl (C=O) groups excluding carboxylic acids is 2. The smallest absolute Gasteiger partial charge is 0.404 e. The van der Waals surface area contributed by atoms with Crippen LogP contribution < -0.4 is 14.7 Å². The standard InChI is InChI=1S/C39H33F5N3O6P/c1-24-30-14-13-27(38(48)45-20-31-33(41)16-28(40)17-34(31)42)15-37(30)47(39(49)46(24)2)21-32-35(43)18-29(19-36(32)44)53-54(50,51-22-25-9-5-3-6-10-25)52-23-26-11-7-4-8-12-26/h3-19,24H,20-23H2,1-2H3,(H,45,48)/t24-/m0/s1. The number of rotatable bonds is 13.